The van der Waals surface area contributed by atoms with E-state index in [0.717, 1.165) is 21.9 Å². The summed E-state index contributed by atoms with van der Waals surface area (Å²) in [6.45, 7) is 5.26. The third-order valence-corrected chi connectivity index (χ3v) is 7.48. The largest absolute Gasteiger partial charge is 0.444 e. The summed E-state index contributed by atoms with van der Waals surface area (Å²) < 4.78 is 49.2. The van der Waals surface area contributed by atoms with Crippen molar-refractivity contribution in [3.63, 3.8) is 0 Å². The lowest BCUT2D eigenvalue weighted by Crippen LogP contribution is -2.34. The number of fused-ring (bicyclic) bond motifs is 1. The van der Waals surface area contributed by atoms with Gasteiger partial charge in [-0.15, -0.1) is 0 Å². The molecular formula is C29H28F3N5O3. The van der Waals surface area contributed by atoms with Gasteiger partial charge in [-0.2, -0.15) is 23.0 Å². The summed E-state index contributed by atoms with van der Waals surface area (Å²) in [6.07, 6.45) is -1.31. The van der Waals surface area contributed by atoms with Crippen LogP contribution in [0, 0.1) is 12.8 Å². The Morgan fingerprint density at radius 3 is 2.65 bits per heavy atom. The molecule has 0 bridgehead atoms. The van der Waals surface area contributed by atoms with Gasteiger partial charge < -0.3 is 19.7 Å². The van der Waals surface area contributed by atoms with Crippen LogP contribution in [0.15, 0.2) is 58.2 Å². The van der Waals surface area contributed by atoms with Gasteiger partial charge in [0.25, 0.3) is 5.56 Å². The Balaban J connectivity index is 1.60. The first-order chi connectivity index (χ1) is 19.1. The van der Waals surface area contributed by atoms with Crippen LogP contribution >= 0.6 is 0 Å². The van der Waals surface area contributed by atoms with E-state index in [0.29, 0.717) is 60.7 Å². The number of aromatic nitrogens is 3. The van der Waals surface area contributed by atoms with E-state index in [1.807, 2.05) is 36.9 Å². The molecule has 0 radical (unpaired) electrons. The first-order valence-electron chi connectivity index (χ1n) is 13.1. The number of nitrogens with one attached hydrogen (secondary N) is 1. The van der Waals surface area contributed by atoms with Crippen molar-refractivity contribution < 1.29 is 22.7 Å². The molecule has 2 atom stereocenters. The van der Waals surface area contributed by atoms with Crippen molar-refractivity contribution in [2.75, 3.05) is 29.9 Å². The lowest BCUT2D eigenvalue weighted by Gasteiger charge is -2.27. The number of benzene rings is 2. The van der Waals surface area contributed by atoms with Gasteiger partial charge in [-0.3, -0.25) is 4.79 Å². The second-order valence-electron chi connectivity index (χ2n) is 10.7. The van der Waals surface area contributed by atoms with Crippen LogP contribution in [0.4, 0.5) is 24.5 Å². The molecule has 0 saturated carbocycles. The molecule has 2 aromatic heterocycles. The highest BCUT2D eigenvalue weighted by Gasteiger charge is 2.36. The standard InChI is InChI=1S/C29H28F3N5O3/c1-16-7-18(25-13-33-15-40-25)10-19(8-16)26-22-9-17(2)12-34-27(22)28(39)37(35-26)24-11-20(36-6-5-21(38)14-36)3-4-23(24)29(30,31)32/h3-4,7-8,10-11,13,15,17,21,34,38H,5-6,9,12,14H2,1-2H3/t17?,21-/m0/s1. The molecule has 8 nitrogen and oxygen atoms in total. The van der Waals surface area contributed by atoms with Gasteiger partial charge in [-0.05, 0) is 67.6 Å². The van der Waals surface area contributed by atoms with Gasteiger partial charge in [0.05, 0.1) is 29.2 Å². The minimum absolute atomic E-state index is 0.192. The molecule has 0 amide bonds. The van der Waals surface area contributed by atoms with Crippen molar-refractivity contribution in [3.05, 3.63) is 76.0 Å². The second kappa shape index (κ2) is 9.81. The number of aliphatic hydroxyl groups is 1. The fourth-order valence-corrected chi connectivity index (χ4v) is 5.56. The normalized spacial score (nSPS) is 19.0. The summed E-state index contributed by atoms with van der Waals surface area (Å²) in [7, 11) is 0. The first-order valence-corrected chi connectivity index (χ1v) is 13.1. The fraction of sp³-hybridized carbons (Fsp3) is 0.345. The Labute approximate surface area is 228 Å². The SMILES string of the molecule is Cc1cc(-c2cnco2)cc(-c2nn(-c3cc(N4CC[C@H](O)C4)ccc3C(F)(F)F)c(=O)c3c2CC(C)CN3)c1. The lowest BCUT2D eigenvalue weighted by molar-refractivity contribution is -0.137. The van der Waals surface area contributed by atoms with Gasteiger partial charge in [0.1, 0.15) is 5.69 Å². The summed E-state index contributed by atoms with van der Waals surface area (Å²) in [4.78, 5) is 19.6. The number of aliphatic hydroxyl groups excluding tert-OH is 1. The number of alkyl halides is 3. The topological polar surface area (TPSA) is 96.4 Å². The van der Waals surface area contributed by atoms with E-state index >= 15 is 0 Å². The minimum Gasteiger partial charge on any atom is -0.444 e. The van der Waals surface area contributed by atoms with Crippen molar-refractivity contribution in [2.45, 2.75) is 39.0 Å². The fourth-order valence-electron chi connectivity index (χ4n) is 5.56. The van der Waals surface area contributed by atoms with Gasteiger partial charge in [-0.1, -0.05) is 6.92 Å². The Morgan fingerprint density at radius 2 is 1.95 bits per heavy atom. The van der Waals surface area contributed by atoms with E-state index in [1.165, 1.54) is 18.5 Å². The van der Waals surface area contributed by atoms with E-state index < -0.39 is 23.4 Å². The van der Waals surface area contributed by atoms with Gasteiger partial charge in [0, 0.05) is 42.0 Å². The monoisotopic (exact) mass is 551 g/mol. The Bertz CT molecular complexity index is 1630. The van der Waals surface area contributed by atoms with Crippen LogP contribution in [0.2, 0.25) is 0 Å². The Morgan fingerprint density at radius 1 is 1.15 bits per heavy atom. The molecular weight excluding hydrogens is 523 g/mol. The number of β-amino-alcohol motifs (C(OH)–C–C–N with tert-alkyl or cyclic N) is 1. The van der Waals surface area contributed by atoms with Crippen molar-refractivity contribution in [1.82, 2.24) is 14.8 Å². The molecule has 2 aliphatic rings. The van der Waals surface area contributed by atoms with Crippen LogP contribution in [0.3, 0.4) is 0 Å². The van der Waals surface area contributed by atoms with E-state index in [-0.39, 0.29) is 17.3 Å². The smallest absolute Gasteiger partial charge is 0.418 e. The molecule has 2 aromatic carbocycles. The average molecular weight is 552 g/mol. The maximum atomic E-state index is 14.3. The summed E-state index contributed by atoms with van der Waals surface area (Å²) in [6, 6.07) is 9.35. The molecule has 4 heterocycles. The van der Waals surface area contributed by atoms with Gasteiger partial charge in [0.15, 0.2) is 12.2 Å². The molecule has 1 unspecified atom stereocenters. The highest BCUT2D eigenvalue weighted by atomic mass is 19.4. The number of hydrogen-bond donors (Lipinski definition) is 2. The first kappa shape index (κ1) is 26.1. The minimum atomic E-state index is -4.72. The third kappa shape index (κ3) is 4.74. The number of aryl methyl sites for hydroxylation is 1. The van der Waals surface area contributed by atoms with Crippen LogP contribution in [0.25, 0.3) is 28.3 Å². The van der Waals surface area contributed by atoms with Gasteiger partial charge in [-0.25, -0.2) is 4.98 Å². The third-order valence-electron chi connectivity index (χ3n) is 7.48. The number of hydrogen-bond acceptors (Lipinski definition) is 7. The molecule has 2 N–H and O–H groups in total. The van der Waals surface area contributed by atoms with E-state index in [2.05, 4.69) is 15.4 Å². The summed E-state index contributed by atoms with van der Waals surface area (Å²) >= 11 is 0. The number of rotatable bonds is 4. The van der Waals surface area contributed by atoms with E-state index in [4.69, 9.17) is 4.42 Å². The zero-order valence-corrected chi connectivity index (χ0v) is 22.0. The number of oxazole rings is 1. The van der Waals surface area contributed by atoms with Crippen LogP contribution < -0.4 is 15.8 Å². The lowest BCUT2D eigenvalue weighted by atomic mass is 9.91. The van der Waals surface area contributed by atoms with Gasteiger partial charge >= 0.3 is 6.18 Å². The predicted molar refractivity (Wildman–Crippen MR) is 145 cm³/mol. The van der Waals surface area contributed by atoms with Gasteiger partial charge in [0.2, 0.25) is 0 Å². The second-order valence-corrected chi connectivity index (χ2v) is 10.7. The molecule has 2 aliphatic heterocycles. The van der Waals surface area contributed by atoms with Crippen LogP contribution in [0.1, 0.15) is 30.0 Å². The molecule has 40 heavy (non-hydrogen) atoms. The number of nitrogens with zero attached hydrogens (tertiary/aromatic N) is 4. The molecule has 208 valence electrons. The summed E-state index contributed by atoms with van der Waals surface area (Å²) in [5, 5.41) is 17.8. The number of halogens is 3. The zero-order valence-electron chi connectivity index (χ0n) is 22.0. The molecule has 11 heteroatoms. The van der Waals surface area contributed by atoms with Crippen LogP contribution in [-0.4, -0.2) is 45.6 Å². The molecule has 1 fully saturated rings. The van der Waals surface area contributed by atoms with E-state index in [9.17, 15) is 23.1 Å². The van der Waals surface area contributed by atoms with E-state index in [1.54, 1.807) is 6.20 Å². The number of anilines is 2. The van der Waals surface area contributed by atoms with Crippen molar-refractivity contribution in [2.24, 2.45) is 5.92 Å². The highest BCUT2D eigenvalue weighted by molar-refractivity contribution is 5.76. The molecule has 6 rings (SSSR count). The van der Waals surface area contributed by atoms with Crippen LogP contribution in [0.5, 0.6) is 0 Å². The molecule has 0 spiro atoms. The highest BCUT2D eigenvalue weighted by Crippen LogP contribution is 2.38. The summed E-state index contributed by atoms with van der Waals surface area (Å²) in [5.41, 5.74) is 2.14. The maximum Gasteiger partial charge on any atom is 0.418 e. The average Bonchev–Trinajstić information content (AvgIpc) is 3.60. The summed E-state index contributed by atoms with van der Waals surface area (Å²) in [5.74, 6) is 0.732. The van der Waals surface area contributed by atoms with Crippen molar-refractivity contribution in [3.8, 4) is 28.3 Å². The Kier molecular flexibility index (Phi) is 6.41. The quantitative estimate of drug-likeness (QED) is 0.366. The van der Waals surface area contributed by atoms with Crippen molar-refractivity contribution >= 4 is 11.4 Å². The van der Waals surface area contributed by atoms with Crippen LogP contribution in [-0.2, 0) is 12.6 Å². The zero-order chi connectivity index (χ0) is 28.2. The molecule has 4 aromatic rings. The maximum absolute atomic E-state index is 14.3. The Hall–Kier alpha value is -4.12. The van der Waals surface area contributed by atoms with Crippen molar-refractivity contribution in [1.29, 1.82) is 0 Å². The molecule has 0 aliphatic carbocycles. The predicted octanol–water partition coefficient (Wildman–Crippen LogP) is 5.06. The molecule has 1 saturated heterocycles.